The maximum atomic E-state index is 5.99. The lowest BCUT2D eigenvalue weighted by molar-refractivity contribution is -0.0379. The van der Waals surface area contributed by atoms with E-state index in [1.54, 1.807) is 23.1 Å². The summed E-state index contributed by atoms with van der Waals surface area (Å²) in [7, 11) is 0. The highest BCUT2D eigenvalue weighted by Gasteiger charge is 2.31. The number of aromatic nitrogens is 2. The van der Waals surface area contributed by atoms with Crippen LogP contribution in [0.2, 0.25) is 0 Å². The van der Waals surface area contributed by atoms with Crippen molar-refractivity contribution in [3.8, 4) is 0 Å². The number of rotatable bonds is 6. The van der Waals surface area contributed by atoms with Gasteiger partial charge < -0.3 is 4.74 Å². The molecule has 0 aliphatic carbocycles. The fraction of sp³-hybridized carbons (Fsp3) is 0.647. The largest absolute Gasteiger partial charge is 0.370 e. The van der Waals surface area contributed by atoms with E-state index in [0.717, 1.165) is 40.8 Å². The zero-order chi connectivity index (χ0) is 16.4. The number of hydrogen-bond acceptors (Lipinski definition) is 6. The molecule has 0 atom stereocenters. The van der Waals surface area contributed by atoms with Crippen LogP contribution < -0.4 is 0 Å². The van der Waals surface area contributed by atoms with Gasteiger partial charge in [-0.3, -0.25) is 0 Å². The van der Waals surface area contributed by atoms with Crippen LogP contribution in [0.4, 0.5) is 0 Å². The van der Waals surface area contributed by atoms with Gasteiger partial charge in [0.25, 0.3) is 0 Å². The first-order valence-corrected chi connectivity index (χ1v) is 11.0. The topological polar surface area (TPSA) is 35.0 Å². The summed E-state index contributed by atoms with van der Waals surface area (Å²) >= 11 is 5.44. The Morgan fingerprint density at radius 3 is 2.61 bits per heavy atom. The molecule has 0 spiro atoms. The Morgan fingerprint density at radius 2 is 1.87 bits per heavy atom. The molecule has 6 heteroatoms. The average Bonchev–Trinajstić information content (AvgIpc) is 2.87. The molecule has 0 fully saturated rings. The zero-order valence-electron chi connectivity index (χ0n) is 14.3. The van der Waals surface area contributed by atoms with Crippen LogP contribution in [0.15, 0.2) is 10.2 Å². The Labute approximate surface area is 151 Å². The molecule has 0 saturated carbocycles. The van der Waals surface area contributed by atoms with Crippen molar-refractivity contribution in [1.29, 1.82) is 0 Å². The van der Waals surface area contributed by atoms with Gasteiger partial charge in [0, 0.05) is 22.4 Å². The molecule has 0 N–H and O–H groups in total. The lowest BCUT2D eigenvalue weighted by Gasteiger charge is -2.30. The highest BCUT2D eigenvalue weighted by molar-refractivity contribution is 8.00. The third kappa shape index (κ3) is 3.86. The van der Waals surface area contributed by atoms with Crippen molar-refractivity contribution in [3.05, 3.63) is 10.4 Å². The molecule has 3 heterocycles. The van der Waals surface area contributed by atoms with Gasteiger partial charge in [-0.05, 0) is 38.0 Å². The predicted octanol–water partition coefficient (Wildman–Crippen LogP) is 5.55. The van der Waals surface area contributed by atoms with Crippen LogP contribution in [0.3, 0.4) is 0 Å². The first kappa shape index (κ1) is 17.5. The van der Waals surface area contributed by atoms with E-state index >= 15 is 0 Å². The summed E-state index contributed by atoms with van der Waals surface area (Å²) < 4.78 is 5.99. The molecule has 0 bridgehead atoms. The lowest BCUT2D eigenvalue weighted by atomic mass is 9.95. The molecule has 0 radical (unpaired) electrons. The van der Waals surface area contributed by atoms with E-state index in [2.05, 4.69) is 27.7 Å². The van der Waals surface area contributed by atoms with Crippen molar-refractivity contribution in [2.24, 2.45) is 0 Å². The van der Waals surface area contributed by atoms with Gasteiger partial charge >= 0.3 is 0 Å². The van der Waals surface area contributed by atoms with Gasteiger partial charge in [-0.1, -0.05) is 25.6 Å². The number of thiophene rings is 1. The summed E-state index contributed by atoms with van der Waals surface area (Å²) in [6.07, 6.45) is 3.26. The number of fused-ring (bicyclic) bond motifs is 3. The van der Waals surface area contributed by atoms with Crippen molar-refractivity contribution >= 4 is 45.1 Å². The van der Waals surface area contributed by atoms with Crippen molar-refractivity contribution in [1.82, 2.24) is 9.97 Å². The Bertz CT molecular complexity index is 697. The van der Waals surface area contributed by atoms with E-state index < -0.39 is 0 Å². The molecule has 1 aliphatic heterocycles. The third-order valence-corrected chi connectivity index (χ3v) is 7.09. The normalized spacial score (nSPS) is 16.7. The monoisotopic (exact) mass is 368 g/mol. The van der Waals surface area contributed by atoms with Gasteiger partial charge in [0.05, 0.1) is 12.2 Å². The van der Waals surface area contributed by atoms with E-state index in [1.807, 2.05) is 11.8 Å². The van der Waals surface area contributed by atoms with Gasteiger partial charge in [-0.2, -0.15) is 0 Å². The molecular weight excluding hydrogens is 344 g/mol. The SMILES string of the molecule is CCCSc1nc(SCCC)c2c3c(sc2n1)COC(C)(C)C3. The maximum absolute atomic E-state index is 5.99. The quantitative estimate of drug-likeness (QED) is 0.379. The number of thioether (sulfide) groups is 2. The van der Waals surface area contributed by atoms with E-state index in [1.165, 1.54) is 20.9 Å². The van der Waals surface area contributed by atoms with Crippen molar-refractivity contribution < 1.29 is 4.74 Å². The number of hydrogen-bond donors (Lipinski definition) is 0. The Hall–Kier alpha value is -0.300. The molecular formula is C17H24N2OS3. The molecule has 1 aliphatic rings. The summed E-state index contributed by atoms with van der Waals surface area (Å²) in [5.74, 6) is 2.18. The van der Waals surface area contributed by atoms with Crippen molar-refractivity contribution in [2.75, 3.05) is 11.5 Å². The van der Waals surface area contributed by atoms with E-state index in [-0.39, 0.29) is 5.60 Å². The molecule has 0 aromatic carbocycles. The summed E-state index contributed by atoms with van der Waals surface area (Å²) in [4.78, 5) is 12.2. The molecule has 2 aromatic rings. The number of nitrogens with zero attached hydrogens (tertiary/aromatic N) is 2. The van der Waals surface area contributed by atoms with Gasteiger partial charge in [-0.15, -0.1) is 23.1 Å². The van der Waals surface area contributed by atoms with Crippen LogP contribution in [-0.2, 0) is 17.8 Å². The van der Waals surface area contributed by atoms with Gasteiger partial charge in [0.15, 0.2) is 5.16 Å². The van der Waals surface area contributed by atoms with E-state index in [0.29, 0.717) is 6.61 Å². The molecule has 3 rings (SSSR count). The average molecular weight is 369 g/mol. The van der Waals surface area contributed by atoms with Crippen molar-refractivity contribution in [2.45, 2.75) is 69.3 Å². The van der Waals surface area contributed by atoms with Crippen LogP contribution in [0.1, 0.15) is 51.0 Å². The maximum Gasteiger partial charge on any atom is 0.190 e. The lowest BCUT2D eigenvalue weighted by Crippen LogP contribution is -2.31. The highest BCUT2D eigenvalue weighted by atomic mass is 32.2. The zero-order valence-corrected chi connectivity index (χ0v) is 16.7. The minimum Gasteiger partial charge on any atom is -0.370 e. The second-order valence-electron chi connectivity index (χ2n) is 6.42. The molecule has 0 unspecified atom stereocenters. The number of ether oxygens (including phenoxy) is 1. The van der Waals surface area contributed by atoms with Crippen LogP contribution in [0, 0.1) is 0 Å². The first-order valence-electron chi connectivity index (χ1n) is 8.26. The van der Waals surface area contributed by atoms with Crippen LogP contribution in [-0.4, -0.2) is 27.1 Å². The van der Waals surface area contributed by atoms with Crippen LogP contribution >= 0.6 is 34.9 Å². The van der Waals surface area contributed by atoms with Gasteiger partial charge in [0.1, 0.15) is 9.86 Å². The predicted molar refractivity (Wildman–Crippen MR) is 102 cm³/mol. The van der Waals surface area contributed by atoms with Gasteiger partial charge in [-0.25, -0.2) is 9.97 Å². The van der Waals surface area contributed by atoms with Gasteiger partial charge in [0.2, 0.25) is 0 Å². The second-order valence-corrected chi connectivity index (χ2v) is 9.65. The van der Waals surface area contributed by atoms with Crippen LogP contribution in [0.5, 0.6) is 0 Å². The van der Waals surface area contributed by atoms with E-state index in [4.69, 9.17) is 14.7 Å². The molecule has 2 aromatic heterocycles. The molecule has 23 heavy (non-hydrogen) atoms. The third-order valence-electron chi connectivity index (χ3n) is 3.76. The summed E-state index contributed by atoms with van der Waals surface area (Å²) in [5.41, 5.74) is 1.33. The van der Waals surface area contributed by atoms with E-state index in [9.17, 15) is 0 Å². The molecule has 0 amide bonds. The Kier molecular flexibility index (Phi) is 5.56. The Morgan fingerprint density at radius 1 is 1.13 bits per heavy atom. The fourth-order valence-corrected chi connectivity index (χ4v) is 5.55. The van der Waals surface area contributed by atoms with Crippen LogP contribution in [0.25, 0.3) is 10.2 Å². The summed E-state index contributed by atoms with van der Waals surface area (Å²) in [5, 5.41) is 3.39. The summed E-state index contributed by atoms with van der Waals surface area (Å²) in [6.45, 7) is 9.47. The second kappa shape index (κ2) is 7.30. The minimum atomic E-state index is -0.0939. The molecule has 126 valence electrons. The smallest absolute Gasteiger partial charge is 0.190 e. The molecule has 3 nitrogen and oxygen atoms in total. The van der Waals surface area contributed by atoms with Crippen molar-refractivity contribution in [3.63, 3.8) is 0 Å². The first-order chi connectivity index (χ1) is 11.0. The Balaban J connectivity index is 2.08. The summed E-state index contributed by atoms with van der Waals surface area (Å²) in [6, 6.07) is 0. The standard InChI is InChI=1S/C17H24N2OS3/c1-5-7-21-14-13-11-9-17(3,4)20-10-12(11)23-15(13)19-16(18-14)22-8-6-2/h5-10H2,1-4H3. The highest BCUT2D eigenvalue weighted by Crippen LogP contribution is 2.42. The minimum absolute atomic E-state index is 0.0939. The fourth-order valence-electron chi connectivity index (χ4n) is 2.65. The molecule has 0 saturated heterocycles.